The number of hydrogen-bond acceptors (Lipinski definition) is 4. The molecule has 1 aliphatic carbocycles. The molecule has 0 aliphatic heterocycles. The van der Waals surface area contributed by atoms with Gasteiger partial charge >= 0.3 is 12.1 Å². The van der Waals surface area contributed by atoms with Crippen LogP contribution >= 0.6 is 11.6 Å². The minimum absolute atomic E-state index is 0.118. The Morgan fingerprint density at radius 2 is 1.89 bits per heavy atom. The van der Waals surface area contributed by atoms with Crippen LogP contribution in [-0.2, 0) is 4.79 Å². The van der Waals surface area contributed by atoms with Crippen molar-refractivity contribution >= 4 is 17.6 Å². The molecule has 1 aromatic rings. The Kier molecular flexibility index (Phi) is 9.82. The van der Waals surface area contributed by atoms with E-state index in [1.807, 2.05) is 0 Å². The average Bonchev–Trinajstić information content (AvgIpc) is 2.62. The number of rotatable bonds is 6. The lowest BCUT2D eigenvalue weighted by Gasteiger charge is -2.28. The molecule has 0 aromatic heterocycles. The topological polar surface area (TPSA) is 84.6 Å². The predicted molar refractivity (Wildman–Crippen MR) is 93.4 cm³/mol. The van der Waals surface area contributed by atoms with E-state index in [9.17, 15) is 17.6 Å². The van der Waals surface area contributed by atoms with Gasteiger partial charge in [-0.1, -0.05) is 11.6 Å². The number of benzene rings is 1. The van der Waals surface area contributed by atoms with E-state index in [4.69, 9.17) is 32.0 Å². The fraction of sp³-hybridized carbons (Fsp3) is 0.588. The summed E-state index contributed by atoms with van der Waals surface area (Å²) >= 11 is 5.62. The van der Waals surface area contributed by atoms with Gasteiger partial charge in [-0.15, -0.1) is 0 Å². The van der Waals surface area contributed by atoms with Crippen LogP contribution in [0.3, 0.4) is 0 Å². The molecule has 0 saturated heterocycles. The SMILES string of the molecule is NCC1CCC(NCCOc2ccc(Cl)c(F)c2)CC1.O=C(O)C(F)(F)F. The Labute approximate surface area is 159 Å². The van der Waals surface area contributed by atoms with E-state index in [1.165, 1.54) is 37.8 Å². The highest BCUT2D eigenvalue weighted by atomic mass is 35.5. The highest BCUT2D eigenvalue weighted by molar-refractivity contribution is 6.30. The Hall–Kier alpha value is -1.58. The number of ether oxygens (including phenoxy) is 1. The zero-order valence-electron chi connectivity index (χ0n) is 14.6. The molecule has 0 heterocycles. The number of hydrogen-bond donors (Lipinski definition) is 3. The smallest absolute Gasteiger partial charge is 0.490 e. The summed E-state index contributed by atoms with van der Waals surface area (Å²) in [6.45, 7) is 2.10. The van der Waals surface area contributed by atoms with E-state index >= 15 is 0 Å². The van der Waals surface area contributed by atoms with Crippen LogP contribution in [0, 0.1) is 11.7 Å². The largest absolute Gasteiger partial charge is 0.492 e. The summed E-state index contributed by atoms with van der Waals surface area (Å²) in [5.41, 5.74) is 5.68. The van der Waals surface area contributed by atoms with Crippen LogP contribution < -0.4 is 15.8 Å². The molecule has 5 nitrogen and oxygen atoms in total. The minimum atomic E-state index is -5.08. The van der Waals surface area contributed by atoms with Gasteiger partial charge in [-0.05, 0) is 50.3 Å². The number of nitrogens with one attached hydrogen (secondary N) is 1. The molecule has 154 valence electrons. The van der Waals surface area contributed by atoms with Gasteiger partial charge in [-0.3, -0.25) is 0 Å². The number of nitrogens with two attached hydrogens (primary N) is 1. The second kappa shape index (κ2) is 11.3. The number of aliphatic carboxylic acids is 1. The third-order valence-electron chi connectivity index (χ3n) is 4.12. The Balaban J connectivity index is 0.000000445. The van der Waals surface area contributed by atoms with Crippen molar-refractivity contribution in [2.45, 2.75) is 37.9 Å². The number of alkyl halides is 3. The molecule has 1 aliphatic rings. The quantitative estimate of drug-likeness (QED) is 0.489. The highest BCUT2D eigenvalue weighted by Gasteiger charge is 2.38. The Morgan fingerprint density at radius 3 is 2.37 bits per heavy atom. The molecule has 2 rings (SSSR count). The number of halogens is 5. The van der Waals surface area contributed by atoms with Gasteiger partial charge in [0.15, 0.2) is 0 Å². The molecule has 4 N–H and O–H groups in total. The zero-order valence-corrected chi connectivity index (χ0v) is 15.3. The third kappa shape index (κ3) is 9.25. The van der Waals surface area contributed by atoms with Gasteiger partial charge in [-0.2, -0.15) is 13.2 Å². The van der Waals surface area contributed by atoms with Gasteiger partial charge in [-0.25, -0.2) is 9.18 Å². The lowest BCUT2D eigenvalue weighted by molar-refractivity contribution is -0.192. The molecule has 0 bridgehead atoms. The van der Waals surface area contributed by atoms with Crippen molar-refractivity contribution in [1.29, 1.82) is 0 Å². The van der Waals surface area contributed by atoms with E-state index < -0.39 is 18.0 Å². The molecule has 0 spiro atoms. The summed E-state index contributed by atoms with van der Waals surface area (Å²) in [4.78, 5) is 8.90. The van der Waals surface area contributed by atoms with Crippen LogP contribution in [0.25, 0.3) is 0 Å². The summed E-state index contributed by atoms with van der Waals surface area (Å²) in [6, 6.07) is 5.06. The van der Waals surface area contributed by atoms with E-state index in [0.29, 0.717) is 24.3 Å². The number of carbonyl (C=O) groups is 1. The molecule has 0 atom stereocenters. The van der Waals surface area contributed by atoms with Crippen molar-refractivity contribution in [3.63, 3.8) is 0 Å². The zero-order chi connectivity index (χ0) is 20.4. The predicted octanol–water partition coefficient (Wildman–Crippen LogP) is 3.60. The molecule has 0 unspecified atom stereocenters. The Morgan fingerprint density at radius 1 is 1.30 bits per heavy atom. The first kappa shape index (κ1) is 23.5. The van der Waals surface area contributed by atoms with Crippen molar-refractivity contribution in [3.05, 3.63) is 29.0 Å². The summed E-state index contributed by atoms with van der Waals surface area (Å²) < 4.78 is 50.4. The first-order chi connectivity index (χ1) is 12.6. The molecule has 1 aromatic carbocycles. The fourth-order valence-corrected chi connectivity index (χ4v) is 2.72. The van der Waals surface area contributed by atoms with Gasteiger partial charge in [0, 0.05) is 18.7 Å². The lowest BCUT2D eigenvalue weighted by atomic mass is 9.86. The first-order valence-corrected chi connectivity index (χ1v) is 8.82. The maximum absolute atomic E-state index is 13.2. The summed E-state index contributed by atoms with van der Waals surface area (Å²) in [5, 5.41) is 10.7. The molecule has 1 fully saturated rings. The number of carboxylic acid groups (broad SMARTS) is 1. The normalized spacial score (nSPS) is 19.8. The van der Waals surface area contributed by atoms with Gasteiger partial charge < -0.3 is 20.9 Å². The van der Waals surface area contributed by atoms with Crippen molar-refractivity contribution in [3.8, 4) is 5.75 Å². The standard InChI is InChI=1S/C15H22ClFN2O.C2HF3O2/c16-14-6-5-13(9-15(14)17)20-8-7-19-12-3-1-11(10-18)2-4-12;3-2(4,5)1(6)7/h5-6,9,11-12,19H,1-4,7-8,10,18H2;(H,6,7). The van der Waals surface area contributed by atoms with Crippen LogP contribution in [0.1, 0.15) is 25.7 Å². The summed E-state index contributed by atoms with van der Waals surface area (Å²) in [5.74, 6) is -1.99. The van der Waals surface area contributed by atoms with Gasteiger partial charge in [0.1, 0.15) is 18.2 Å². The lowest BCUT2D eigenvalue weighted by Crippen LogP contribution is -2.36. The second-order valence-electron chi connectivity index (χ2n) is 6.13. The van der Waals surface area contributed by atoms with Crippen molar-refractivity contribution in [2.75, 3.05) is 19.7 Å². The molecule has 10 heteroatoms. The van der Waals surface area contributed by atoms with Gasteiger partial charge in [0.05, 0.1) is 5.02 Å². The molecule has 1 saturated carbocycles. The third-order valence-corrected chi connectivity index (χ3v) is 4.42. The summed E-state index contributed by atoms with van der Waals surface area (Å²) in [7, 11) is 0. The molecule has 0 radical (unpaired) electrons. The maximum atomic E-state index is 13.2. The molecule has 27 heavy (non-hydrogen) atoms. The van der Waals surface area contributed by atoms with Crippen LogP contribution in [0.15, 0.2) is 18.2 Å². The van der Waals surface area contributed by atoms with Crippen molar-refractivity contribution in [1.82, 2.24) is 5.32 Å². The number of carboxylic acids is 1. The average molecular weight is 415 g/mol. The van der Waals surface area contributed by atoms with Gasteiger partial charge in [0.2, 0.25) is 0 Å². The molecular weight excluding hydrogens is 392 g/mol. The maximum Gasteiger partial charge on any atom is 0.490 e. The van der Waals surface area contributed by atoms with Crippen LogP contribution in [-0.4, -0.2) is 43.0 Å². The Bertz CT molecular complexity index is 594. The minimum Gasteiger partial charge on any atom is -0.492 e. The monoisotopic (exact) mass is 414 g/mol. The fourth-order valence-electron chi connectivity index (χ4n) is 2.60. The van der Waals surface area contributed by atoms with Gasteiger partial charge in [0.25, 0.3) is 0 Å². The first-order valence-electron chi connectivity index (χ1n) is 8.45. The summed E-state index contributed by atoms with van der Waals surface area (Å²) in [6.07, 6.45) is -0.316. The van der Waals surface area contributed by atoms with E-state index in [2.05, 4.69) is 5.32 Å². The molecular formula is C17H23ClF4N2O3. The van der Waals surface area contributed by atoms with Crippen LogP contribution in [0.2, 0.25) is 5.02 Å². The van der Waals surface area contributed by atoms with Crippen LogP contribution in [0.5, 0.6) is 5.75 Å². The van der Waals surface area contributed by atoms with E-state index in [1.54, 1.807) is 6.07 Å². The molecule has 0 amide bonds. The highest BCUT2D eigenvalue weighted by Crippen LogP contribution is 2.23. The van der Waals surface area contributed by atoms with Crippen molar-refractivity contribution in [2.24, 2.45) is 11.7 Å². The van der Waals surface area contributed by atoms with E-state index in [-0.39, 0.29) is 5.02 Å². The van der Waals surface area contributed by atoms with E-state index in [0.717, 1.165) is 13.1 Å². The van der Waals surface area contributed by atoms with Crippen LogP contribution in [0.4, 0.5) is 17.6 Å². The van der Waals surface area contributed by atoms with Crippen molar-refractivity contribution < 1.29 is 32.2 Å². The second-order valence-corrected chi connectivity index (χ2v) is 6.54.